The molecule has 0 unspecified atom stereocenters. The fourth-order valence-electron chi connectivity index (χ4n) is 2.92. The Morgan fingerprint density at radius 2 is 2.08 bits per heavy atom. The number of thiocarbonyl (C=S) groups is 1. The molecule has 0 aliphatic carbocycles. The largest absolute Gasteiger partial charge is 0.466 e. The maximum absolute atomic E-state index is 12.4. The van der Waals surface area contributed by atoms with Gasteiger partial charge in [0.2, 0.25) is 0 Å². The van der Waals surface area contributed by atoms with Crippen LogP contribution in [-0.4, -0.2) is 42.8 Å². The summed E-state index contributed by atoms with van der Waals surface area (Å²) in [4.78, 5) is 14.3. The summed E-state index contributed by atoms with van der Waals surface area (Å²) >= 11 is 11.8. The van der Waals surface area contributed by atoms with Crippen molar-refractivity contribution < 1.29 is 14.3 Å². The molecule has 1 N–H and O–H groups in total. The molecule has 2 atom stereocenters. The molecule has 0 fully saturated rings. The highest BCUT2D eigenvalue weighted by Crippen LogP contribution is 2.35. The minimum atomic E-state index is -0.454. The fourth-order valence-corrected chi connectivity index (χ4v) is 3.60. The van der Waals surface area contributed by atoms with E-state index in [2.05, 4.69) is 5.32 Å². The van der Waals surface area contributed by atoms with E-state index in [1.54, 1.807) is 13.2 Å². The van der Waals surface area contributed by atoms with Crippen molar-refractivity contribution in [1.82, 2.24) is 10.2 Å². The van der Waals surface area contributed by atoms with E-state index in [0.717, 1.165) is 11.3 Å². The van der Waals surface area contributed by atoms with Crippen LogP contribution in [0.25, 0.3) is 0 Å². The summed E-state index contributed by atoms with van der Waals surface area (Å²) in [7, 11) is 2.99. The number of carbonyl (C=O) groups is 1. The topological polar surface area (TPSA) is 50.8 Å². The highest BCUT2D eigenvalue weighted by molar-refractivity contribution is 7.80. The summed E-state index contributed by atoms with van der Waals surface area (Å²) in [5.74, 6) is -0.415. The van der Waals surface area contributed by atoms with E-state index in [1.807, 2.05) is 36.9 Å². The van der Waals surface area contributed by atoms with Crippen LogP contribution in [0.1, 0.15) is 25.5 Å². The van der Waals surface area contributed by atoms with Gasteiger partial charge in [-0.05, 0) is 37.7 Å². The Morgan fingerprint density at radius 1 is 1.42 bits per heavy atom. The van der Waals surface area contributed by atoms with Crippen molar-refractivity contribution in [1.29, 1.82) is 0 Å². The normalized spacial score (nSPS) is 19.1. The third-order valence-electron chi connectivity index (χ3n) is 4.00. The van der Waals surface area contributed by atoms with Crippen molar-refractivity contribution in [3.63, 3.8) is 0 Å². The highest BCUT2D eigenvalue weighted by atomic mass is 35.5. The molecule has 0 bridgehead atoms. The number of carbonyl (C=O) groups excluding carboxylic acids is 1. The molecule has 0 saturated heterocycles. The van der Waals surface area contributed by atoms with Crippen LogP contribution in [0.2, 0.25) is 5.02 Å². The van der Waals surface area contributed by atoms with Crippen LogP contribution < -0.4 is 5.32 Å². The first kappa shape index (κ1) is 18.7. The van der Waals surface area contributed by atoms with Gasteiger partial charge in [0.25, 0.3) is 0 Å². The second kappa shape index (κ2) is 7.96. The van der Waals surface area contributed by atoms with Gasteiger partial charge < -0.3 is 19.7 Å². The van der Waals surface area contributed by atoms with Crippen molar-refractivity contribution in [2.24, 2.45) is 0 Å². The zero-order valence-corrected chi connectivity index (χ0v) is 15.7. The second-order valence-corrected chi connectivity index (χ2v) is 6.36. The molecule has 0 saturated carbocycles. The molecule has 1 aliphatic heterocycles. The molecule has 0 aromatic heterocycles. The Labute approximate surface area is 152 Å². The molecule has 1 heterocycles. The molecule has 1 aliphatic rings. The predicted molar refractivity (Wildman–Crippen MR) is 97.8 cm³/mol. The summed E-state index contributed by atoms with van der Waals surface area (Å²) in [5, 5.41) is 4.30. The molecule has 7 heteroatoms. The van der Waals surface area contributed by atoms with Gasteiger partial charge in [-0.1, -0.05) is 29.8 Å². The van der Waals surface area contributed by atoms with Crippen LogP contribution in [0.4, 0.5) is 0 Å². The van der Waals surface area contributed by atoms with E-state index in [1.165, 1.54) is 7.11 Å². The standard InChI is InChI=1S/C17H21ClN2O3S/c1-10(9-22-3)20-11(2)14(16(21)23-4)15(19-17(20)24)12-7-5-6-8-13(12)18/h5-8,10,15H,9H2,1-4H3,(H,19,24)/t10-,15+/m0/s1. The van der Waals surface area contributed by atoms with Gasteiger partial charge in [-0.15, -0.1) is 0 Å². The van der Waals surface area contributed by atoms with Gasteiger partial charge in [0, 0.05) is 17.8 Å². The molecule has 0 amide bonds. The van der Waals surface area contributed by atoms with Gasteiger partial charge in [-0.25, -0.2) is 4.79 Å². The van der Waals surface area contributed by atoms with Crippen LogP contribution in [0, 0.1) is 0 Å². The Balaban J connectivity index is 2.56. The van der Waals surface area contributed by atoms with E-state index in [0.29, 0.717) is 22.3 Å². The van der Waals surface area contributed by atoms with Crippen molar-refractivity contribution in [2.45, 2.75) is 25.9 Å². The number of nitrogens with zero attached hydrogens (tertiary/aromatic N) is 1. The first-order valence-electron chi connectivity index (χ1n) is 7.54. The molecule has 0 radical (unpaired) electrons. The summed E-state index contributed by atoms with van der Waals surface area (Å²) in [6.07, 6.45) is 0. The number of esters is 1. The van der Waals surface area contributed by atoms with E-state index in [9.17, 15) is 4.79 Å². The Morgan fingerprint density at radius 3 is 2.67 bits per heavy atom. The molecule has 1 aromatic carbocycles. The number of benzene rings is 1. The molecule has 1 aromatic rings. The summed E-state index contributed by atoms with van der Waals surface area (Å²) in [6, 6.07) is 6.88. The van der Waals surface area contributed by atoms with E-state index < -0.39 is 12.0 Å². The molecule has 24 heavy (non-hydrogen) atoms. The molecular formula is C17H21ClN2O3S. The Kier molecular flexibility index (Phi) is 6.21. The van der Waals surface area contributed by atoms with Gasteiger partial charge >= 0.3 is 5.97 Å². The second-order valence-electron chi connectivity index (χ2n) is 5.57. The zero-order valence-electron chi connectivity index (χ0n) is 14.1. The van der Waals surface area contributed by atoms with Crippen molar-refractivity contribution >= 4 is 34.9 Å². The first-order chi connectivity index (χ1) is 11.4. The lowest BCUT2D eigenvalue weighted by molar-refractivity contribution is -0.136. The van der Waals surface area contributed by atoms with Crippen LogP contribution in [-0.2, 0) is 14.3 Å². The monoisotopic (exact) mass is 368 g/mol. The number of halogens is 1. The number of rotatable bonds is 5. The maximum atomic E-state index is 12.4. The van der Waals surface area contributed by atoms with Gasteiger partial charge in [0.1, 0.15) is 0 Å². The van der Waals surface area contributed by atoms with Crippen LogP contribution >= 0.6 is 23.8 Å². The third kappa shape index (κ3) is 3.55. The van der Waals surface area contributed by atoms with E-state index in [4.69, 9.17) is 33.3 Å². The van der Waals surface area contributed by atoms with E-state index >= 15 is 0 Å². The van der Waals surface area contributed by atoms with Gasteiger partial charge in [0.05, 0.1) is 31.4 Å². The minimum Gasteiger partial charge on any atom is -0.466 e. The highest BCUT2D eigenvalue weighted by Gasteiger charge is 2.36. The average molecular weight is 369 g/mol. The quantitative estimate of drug-likeness (QED) is 0.636. The number of ether oxygens (including phenoxy) is 2. The predicted octanol–water partition coefficient (Wildman–Crippen LogP) is 3.05. The van der Waals surface area contributed by atoms with Crippen molar-refractivity contribution in [2.75, 3.05) is 20.8 Å². The number of allylic oxidation sites excluding steroid dienone is 1. The number of hydrogen-bond donors (Lipinski definition) is 1. The molecular weight excluding hydrogens is 348 g/mol. The van der Waals surface area contributed by atoms with Gasteiger partial charge in [0.15, 0.2) is 5.11 Å². The van der Waals surface area contributed by atoms with Gasteiger partial charge in [-0.2, -0.15) is 0 Å². The minimum absolute atomic E-state index is 0.0261. The van der Waals surface area contributed by atoms with Crippen molar-refractivity contribution in [3.05, 3.63) is 46.1 Å². The lowest BCUT2D eigenvalue weighted by Gasteiger charge is -2.40. The van der Waals surface area contributed by atoms with Gasteiger partial charge in [-0.3, -0.25) is 0 Å². The summed E-state index contributed by atoms with van der Waals surface area (Å²) < 4.78 is 10.2. The molecule has 0 spiro atoms. The lowest BCUT2D eigenvalue weighted by atomic mass is 9.94. The third-order valence-corrected chi connectivity index (χ3v) is 4.66. The number of nitrogens with one attached hydrogen (secondary N) is 1. The van der Waals surface area contributed by atoms with E-state index in [-0.39, 0.29) is 6.04 Å². The fraction of sp³-hybridized carbons (Fsp3) is 0.412. The maximum Gasteiger partial charge on any atom is 0.337 e. The number of methoxy groups -OCH3 is 2. The molecule has 2 rings (SSSR count). The Hall–Kier alpha value is -1.63. The number of hydrogen-bond acceptors (Lipinski definition) is 4. The molecule has 130 valence electrons. The SMILES string of the molecule is COC[C@H](C)N1C(=S)N[C@H](c2ccccc2Cl)C(C(=O)OC)=C1C. The smallest absolute Gasteiger partial charge is 0.337 e. The average Bonchev–Trinajstić information content (AvgIpc) is 2.54. The Bertz CT molecular complexity index is 678. The van der Waals surface area contributed by atoms with Crippen LogP contribution in [0.3, 0.4) is 0 Å². The molecule has 5 nitrogen and oxygen atoms in total. The van der Waals surface area contributed by atoms with Crippen molar-refractivity contribution in [3.8, 4) is 0 Å². The lowest BCUT2D eigenvalue weighted by Crippen LogP contribution is -2.52. The zero-order chi connectivity index (χ0) is 17.9. The van der Waals surface area contributed by atoms with Crippen LogP contribution in [0.15, 0.2) is 35.5 Å². The summed E-state index contributed by atoms with van der Waals surface area (Å²) in [6.45, 7) is 4.31. The van der Waals surface area contributed by atoms with Crippen LogP contribution in [0.5, 0.6) is 0 Å². The first-order valence-corrected chi connectivity index (χ1v) is 8.33. The summed E-state index contributed by atoms with van der Waals surface area (Å²) in [5.41, 5.74) is 2.00.